The topological polar surface area (TPSA) is 0 Å². The molecule has 1 heterocycles. The molecular formula is C24H37BP. The van der Waals surface area contributed by atoms with E-state index >= 15 is 0 Å². The number of rotatable bonds is 6. The van der Waals surface area contributed by atoms with Crippen molar-refractivity contribution < 1.29 is 0 Å². The van der Waals surface area contributed by atoms with Gasteiger partial charge in [0.2, 0.25) is 0 Å². The lowest BCUT2D eigenvalue weighted by molar-refractivity contribution is 0.272. The van der Waals surface area contributed by atoms with Crippen LogP contribution in [0.3, 0.4) is 0 Å². The second-order valence-corrected chi connectivity index (χ2v) is 13.2. The number of hydrogen-bond donors (Lipinski definition) is 0. The van der Waals surface area contributed by atoms with Gasteiger partial charge in [0.15, 0.2) is 0 Å². The second-order valence-electron chi connectivity index (χ2n) is 9.47. The Labute approximate surface area is 163 Å². The zero-order chi connectivity index (χ0) is 17.8. The Bertz CT molecular complexity index is 521. The molecule has 4 rings (SSSR count). The van der Waals surface area contributed by atoms with E-state index in [0.717, 1.165) is 23.2 Å². The molecule has 0 aromatic heterocycles. The van der Waals surface area contributed by atoms with Gasteiger partial charge < -0.3 is 7.57 Å². The molecule has 2 heteroatoms. The highest BCUT2D eigenvalue weighted by molar-refractivity contribution is 7.99. The highest BCUT2D eigenvalue weighted by Crippen LogP contribution is 2.78. The van der Waals surface area contributed by atoms with Crippen LogP contribution in [0.25, 0.3) is 0 Å². The van der Waals surface area contributed by atoms with Crippen molar-refractivity contribution in [1.82, 2.24) is 0 Å². The Kier molecular flexibility index (Phi) is 6.46. The standard InChI is InChI=1S/C24H37BP/c25-26(18-10-13-20-11-4-1-5-12-20)23(21-14-6-2-7-15-21)19-24(26)22-16-8-3-9-17-22/h1,4-5,11-12,21-24H,2-3,6-10,13-19H2/t23-,24-/m0/s1. The van der Waals surface area contributed by atoms with Gasteiger partial charge in [0, 0.05) is 23.9 Å². The van der Waals surface area contributed by atoms with Crippen LogP contribution in [0, 0.1) is 11.8 Å². The average Bonchev–Trinajstić information content (AvgIpc) is 2.69. The third kappa shape index (κ3) is 4.09. The van der Waals surface area contributed by atoms with Crippen LogP contribution in [0.4, 0.5) is 0 Å². The fourth-order valence-electron chi connectivity index (χ4n) is 6.49. The molecule has 3 radical (unpaired) electrons. The van der Waals surface area contributed by atoms with Crippen LogP contribution in [0.15, 0.2) is 30.3 Å². The minimum Gasteiger partial charge on any atom is -0.306 e. The SMILES string of the molecule is [B-][P+]1(CCCc2ccccc2)[C@H](C2CCCCC2)C[C@H]1C1CCCCC1. The molecule has 1 aromatic carbocycles. The summed E-state index contributed by atoms with van der Waals surface area (Å²) in [6.07, 6.45) is 20.2. The molecule has 141 valence electrons. The third-order valence-corrected chi connectivity index (χ3v) is 12.8. The maximum absolute atomic E-state index is 7.43. The largest absolute Gasteiger partial charge is 0.306 e. The summed E-state index contributed by atoms with van der Waals surface area (Å²) in [6.45, 7) is 0. The van der Waals surface area contributed by atoms with Crippen molar-refractivity contribution in [3.8, 4) is 0 Å². The summed E-state index contributed by atoms with van der Waals surface area (Å²) in [5.41, 5.74) is 3.37. The van der Waals surface area contributed by atoms with Gasteiger partial charge in [-0.05, 0) is 55.9 Å². The van der Waals surface area contributed by atoms with E-state index in [2.05, 4.69) is 30.3 Å². The summed E-state index contributed by atoms with van der Waals surface area (Å²) >= 11 is 0. The molecule has 0 bridgehead atoms. The number of aryl methyl sites for hydroxylation is 1. The van der Waals surface area contributed by atoms with Gasteiger partial charge in [-0.15, -0.1) is 0 Å². The summed E-state index contributed by atoms with van der Waals surface area (Å²) in [6, 6.07) is 11.1. The molecule has 0 unspecified atom stereocenters. The first-order chi connectivity index (χ1) is 12.8. The van der Waals surface area contributed by atoms with Gasteiger partial charge in [0.05, 0.1) is 0 Å². The van der Waals surface area contributed by atoms with E-state index < -0.39 is 7.14 Å². The van der Waals surface area contributed by atoms with E-state index in [-0.39, 0.29) is 0 Å². The van der Waals surface area contributed by atoms with E-state index in [1.54, 1.807) is 0 Å². The second kappa shape index (κ2) is 8.81. The predicted octanol–water partition coefficient (Wildman–Crippen LogP) is 7.02. The monoisotopic (exact) mass is 367 g/mol. The van der Waals surface area contributed by atoms with Crippen LogP contribution < -0.4 is 0 Å². The maximum atomic E-state index is 7.43. The lowest BCUT2D eigenvalue weighted by Gasteiger charge is -2.64. The summed E-state index contributed by atoms with van der Waals surface area (Å²) in [4.78, 5) is 0. The van der Waals surface area contributed by atoms with Crippen LogP contribution in [0.5, 0.6) is 0 Å². The highest BCUT2D eigenvalue weighted by Gasteiger charge is 2.53. The lowest BCUT2D eigenvalue weighted by Crippen LogP contribution is -2.48. The van der Waals surface area contributed by atoms with Crippen molar-refractivity contribution in [2.75, 3.05) is 6.16 Å². The van der Waals surface area contributed by atoms with Crippen molar-refractivity contribution in [1.29, 1.82) is 0 Å². The highest BCUT2D eigenvalue weighted by atomic mass is 31.2. The predicted molar refractivity (Wildman–Crippen MR) is 118 cm³/mol. The molecule has 2 aliphatic carbocycles. The maximum Gasteiger partial charge on any atom is 0.0289 e. The van der Waals surface area contributed by atoms with Crippen molar-refractivity contribution in [2.45, 2.75) is 94.8 Å². The van der Waals surface area contributed by atoms with Gasteiger partial charge in [-0.2, -0.15) is 0 Å². The van der Waals surface area contributed by atoms with Gasteiger partial charge >= 0.3 is 0 Å². The van der Waals surface area contributed by atoms with Crippen molar-refractivity contribution in [2.24, 2.45) is 11.8 Å². The van der Waals surface area contributed by atoms with Gasteiger partial charge in [0.1, 0.15) is 0 Å². The molecule has 0 nitrogen and oxygen atoms in total. The third-order valence-electron chi connectivity index (χ3n) is 7.96. The summed E-state index contributed by atoms with van der Waals surface area (Å²) in [5.74, 6) is 1.97. The van der Waals surface area contributed by atoms with Crippen molar-refractivity contribution in [3.63, 3.8) is 0 Å². The minimum absolute atomic E-state index is 0.936. The molecule has 1 aliphatic heterocycles. The molecule has 2 saturated carbocycles. The molecule has 3 aliphatic rings. The zero-order valence-corrected chi connectivity index (χ0v) is 17.5. The number of hydrogen-bond acceptors (Lipinski definition) is 0. The van der Waals surface area contributed by atoms with Crippen molar-refractivity contribution >= 4 is 14.7 Å². The molecule has 0 amide bonds. The Hall–Kier alpha value is -0.285. The smallest absolute Gasteiger partial charge is 0.0289 e. The molecule has 1 saturated heterocycles. The minimum atomic E-state index is -1.24. The zero-order valence-electron chi connectivity index (χ0n) is 16.6. The lowest BCUT2D eigenvalue weighted by atomic mass is 9.80. The van der Waals surface area contributed by atoms with Crippen LogP contribution >= 0.6 is 7.14 Å². The normalized spacial score (nSPS) is 30.0. The Balaban J connectivity index is 1.41. The molecule has 2 atom stereocenters. The first kappa shape index (κ1) is 19.0. The van der Waals surface area contributed by atoms with Crippen LogP contribution in [-0.2, 0) is 6.42 Å². The quantitative estimate of drug-likeness (QED) is 0.374. The van der Waals surface area contributed by atoms with E-state index in [4.69, 9.17) is 7.57 Å². The summed E-state index contributed by atoms with van der Waals surface area (Å²) in [5, 5.41) is 0. The van der Waals surface area contributed by atoms with E-state index in [0.29, 0.717) is 0 Å². The molecular weight excluding hydrogens is 330 g/mol. The molecule has 1 aromatic rings. The molecule has 0 N–H and O–H groups in total. The van der Waals surface area contributed by atoms with Crippen LogP contribution in [-0.4, -0.2) is 25.0 Å². The number of benzene rings is 1. The van der Waals surface area contributed by atoms with E-state index in [1.807, 2.05) is 0 Å². The summed E-state index contributed by atoms with van der Waals surface area (Å²) < 4.78 is 0. The van der Waals surface area contributed by atoms with Gasteiger partial charge in [-0.3, -0.25) is 0 Å². The molecule has 26 heavy (non-hydrogen) atoms. The molecule has 0 spiro atoms. The first-order valence-corrected chi connectivity index (χ1v) is 13.7. The van der Waals surface area contributed by atoms with Gasteiger partial charge in [-0.25, -0.2) is 7.14 Å². The van der Waals surface area contributed by atoms with Crippen molar-refractivity contribution in [3.05, 3.63) is 35.9 Å². The summed E-state index contributed by atoms with van der Waals surface area (Å²) in [7, 11) is 6.19. The van der Waals surface area contributed by atoms with Gasteiger partial charge in [-0.1, -0.05) is 68.9 Å². The Morgan fingerprint density at radius 1 is 0.769 bits per heavy atom. The Morgan fingerprint density at radius 3 is 1.85 bits per heavy atom. The molecule has 3 fully saturated rings. The fraction of sp³-hybridized carbons (Fsp3) is 0.750. The van der Waals surface area contributed by atoms with E-state index in [9.17, 15) is 0 Å². The Morgan fingerprint density at radius 2 is 1.31 bits per heavy atom. The first-order valence-electron chi connectivity index (χ1n) is 11.5. The fourth-order valence-corrected chi connectivity index (χ4v) is 11.4. The van der Waals surface area contributed by atoms with E-state index in [1.165, 1.54) is 95.2 Å². The van der Waals surface area contributed by atoms with Gasteiger partial charge in [0.25, 0.3) is 0 Å². The van der Waals surface area contributed by atoms with Crippen LogP contribution in [0.1, 0.15) is 82.6 Å². The van der Waals surface area contributed by atoms with Crippen LogP contribution in [0.2, 0.25) is 0 Å². The average molecular weight is 367 g/mol.